The van der Waals surface area contributed by atoms with Crippen molar-refractivity contribution in [2.75, 3.05) is 17.7 Å². The zero-order chi connectivity index (χ0) is 21.3. The number of carbonyl (C=O) groups is 1. The lowest BCUT2D eigenvalue weighted by Crippen LogP contribution is -2.14. The fourth-order valence-corrected chi connectivity index (χ4v) is 4.62. The molecule has 1 amide bonds. The van der Waals surface area contributed by atoms with Crippen molar-refractivity contribution in [2.45, 2.75) is 38.4 Å². The summed E-state index contributed by atoms with van der Waals surface area (Å²) in [7, 11) is 0. The van der Waals surface area contributed by atoms with Crippen LogP contribution in [0.5, 0.6) is 5.75 Å². The molecule has 3 aromatic rings. The molecule has 158 valence electrons. The van der Waals surface area contributed by atoms with E-state index >= 15 is 0 Å². The Balaban J connectivity index is 1.64. The molecule has 0 aliphatic heterocycles. The van der Waals surface area contributed by atoms with Gasteiger partial charge >= 0.3 is 0 Å². The number of thiophene rings is 1. The maximum Gasteiger partial charge on any atom is 0.234 e. The summed E-state index contributed by atoms with van der Waals surface area (Å²) in [5.74, 6) is 1.74. The molecule has 0 atom stereocenters. The number of hydrogen-bond donors (Lipinski definition) is 1. The average Bonchev–Trinajstić information content (AvgIpc) is 3.36. The van der Waals surface area contributed by atoms with Crippen molar-refractivity contribution in [1.82, 2.24) is 14.8 Å². The molecular formula is C22H26N4O2S2. The number of nitrogens with one attached hydrogen (secondary N) is 1. The molecule has 0 bridgehead atoms. The van der Waals surface area contributed by atoms with Crippen LogP contribution in [0.15, 0.2) is 53.5 Å². The van der Waals surface area contributed by atoms with Crippen molar-refractivity contribution < 1.29 is 9.53 Å². The van der Waals surface area contributed by atoms with Gasteiger partial charge in [-0.2, -0.15) is 0 Å². The second-order valence-corrected chi connectivity index (χ2v) is 8.49. The topological polar surface area (TPSA) is 69.0 Å². The summed E-state index contributed by atoms with van der Waals surface area (Å²) in [5, 5.41) is 14.4. The van der Waals surface area contributed by atoms with Gasteiger partial charge in [-0.15, -0.1) is 28.1 Å². The lowest BCUT2D eigenvalue weighted by molar-refractivity contribution is -0.113. The van der Waals surface area contributed by atoms with Gasteiger partial charge < -0.3 is 10.1 Å². The standard InChI is InChI=1S/C22H26N4O2S2/c1-4-7-19-13-16(14-29-19)21-24-25-22(26(21)12-5-2)30-15-20(27)23-17-8-10-18(11-9-17)28-6-3/h5,8-11,13-14H,2,4,6-7,12,15H2,1,3H3,(H,23,27). The van der Waals surface area contributed by atoms with Crippen LogP contribution >= 0.6 is 23.1 Å². The van der Waals surface area contributed by atoms with E-state index in [4.69, 9.17) is 4.74 Å². The molecule has 1 aromatic carbocycles. The Bertz CT molecular complexity index is 979. The predicted octanol–water partition coefficient (Wildman–Crippen LogP) is 5.27. The lowest BCUT2D eigenvalue weighted by atomic mass is 10.2. The van der Waals surface area contributed by atoms with E-state index in [2.05, 4.69) is 40.5 Å². The van der Waals surface area contributed by atoms with Crippen molar-refractivity contribution in [2.24, 2.45) is 0 Å². The van der Waals surface area contributed by atoms with Crippen LogP contribution in [0.2, 0.25) is 0 Å². The first-order valence-electron chi connectivity index (χ1n) is 9.92. The molecule has 6 nitrogen and oxygen atoms in total. The van der Waals surface area contributed by atoms with Crippen molar-refractivity contribution in [3.63, 3.8) is 0 Å². The van der Waals surface area contributed by atoms with Gasteiger partial charge in [-0.3, -0.25) is 9.36 Å². The molecule has 0 fully saturated rings. The Morgan fingerprint density at radius 3 is 2.80 bits per heavy atom. The highest BCUT2D eigenvalue weighted by molar-refractivity contribution is 7.99. The van der Waals surface area contributed by atoms with E-state index < -0.39 is 0 Å². The van der Waals surface area contributed by atoms with Crippen molar-refractivity contribution in [3.8, 4) is 17.1 Å². The van der Waals surface area contributed by atoms with E-state index in [9.17, 15) is 4.79 Å². The molecule has 8 heteroatoms. The largest absolute Gasteiger partial charge is 0.494 e. The molecular weight excluding hydrogens is 416 g/mol. The summed E-state index contributed by atoms with van der Waals surface area (Å²) in [5.41, 5.74) is 1.79. The smallest absolute Gasteiger partial charge is 0.234 e. The van der Waals surface area contributed by atoms with Gasteiger partial charge in [0.05, 0.1) is 12.4 Å². The first-order valence-corrected chi connectivity index (χ1v) is 11.8. The summed E-state index contributed by atoms with van der Waals surface area (Å²) in [6, 6.07) is 9.51. The molecule has 0 aliphatic rings. The number of carbonyl (C=O) groups excluding carboxylic acids is 1. The van der Waals surface area contributed by atoms with Gasteiger partial charge in [0.15, 0.2) is 11.0 Å². The summed E-state index contributed by atoms with van der Waals surface area (Å²) in [6.45, 7) is 9.15. The quantitative estimate of drug-likeness (QED) is 0.323. The fraction of sp³-hybridized carbons (Fsp3) is 0.318. The summed E-state index contributed by atoms with van der Waals surface area (Å²) >= 11 is 3.11. The van der Waals surface area contributed by atoms with E-state index in [1.165, 1.54) is 16.6 Å². The van der Waals surface area contributed by atoms with E-state index in [1.807, 2.05) is 41.8 Å². The van der Waals surface area contributed by atoms with Gasteiger partial charge in [-0.1, -0.05) is 31.2 Å². The van der Waals surface area contributed by atoms with Crippen molar-refractivity contribution in [3.05, 3.63) is 53.2 Å². The Morgan fingerprint density at radius 1 is 1.30 bits per heavy atom. The number of aryl methyl sites for hydroxylation is 1. The van der Waals surface area contributed by atoms with Crippen LogP contribution < -0.4 is 10.1 Å². The van der Waals surface area contributed by atoms with Crippen LogP contribution in [0, 0.1) is 0 Å². The van der Waals surface area contributed by atoms with Gasteiger partial charge in [0, 0.05) is 28.1 Å². The minimum Gasteiger partial charge on any atom is -0.494 e. The SMILES string of the molecule is C=CCn1c(SCC(=O)Nc2ccc(OCC)cc2)nnc1-c1csc(CCC)c1. The van der Waals surface area contributed by atoms with E-state index in [1.54, 1.807) is 11.3 Å². The molecule has 0 saturated heterocycles. The molecule has 1 N–H and O–H groups in total. The van der Waals surface area contributed by atoms with Crippen LogP contribution in [-0.4, -0.2) is 33.0 Å². The minimum absolute atomic E-state index is 0.0976. The number of benzene rings is 1. The number of rotatable bonds is 11. The molecule has 3 rings (SSSR count). The predicted molar refractivity (Wildman–Crippen MR) is 124 cm³/mol. The molecule has 2 aromatic heterocycles. The Kier molecular flexibility index (Phi) is 8.10. The minimum atomic E-state index is -0.0976. The van der Waals surface area contributed by atoms with Gasteiger partial charge in [0.2, 0.25) is 5.91 Å². The maximum atomic E-state index is 12.4. The number of nitrogens with zero attached hydrogens (tertiary/aromatic N) is 3. The average molecular weight is 443 g/mol. The van der Waals surface area contributed by atoms with Crippen LogP contribution in [-0.2, 0) is 17.8 Å². The Hall–Kier alpha value is -2.58. The molecule has 0 radical (unpaired) electrons. The third kappa shape index (κ3) is 5.73. The molecule has 0 saturated carbocycles. The number of aromatic nitrogens is 3. The summed E-state index contributed by atoms with van der Waals surface area (Å²) in [4.78, 5) is 13.7. The lowest BCUT2D eigenvalue weighted by Gasteiger charge is -2.08. The first kappa shape index (κ1) is 22.1. The molecule has 0 aliphatic carbocycles. The Labute approximate surface area is 185 Å². The number of amides is 1. The summed E-state index contributed by atoms with van der Waals surface area (Å²) in [6.07, 6.45) is 3.99. The highest BCUT2D eigenvalue weighted by Gasteiger charge is 2.16. The van der Waals surface area contributed by atoms with Crippen LogP contribution in [0.1, 0.15) is 25.1 Å². The van der Waals surface area contributed by atoms with Gasteiger partial charge in [-0.25, -0.2) is 0 Å². The number of thioether (sulfide) groups is 1. The second-order valence-electron chi connectivity index (χ2n) is 6.55. The van der Waals surface area contributed by atoms with Crippen LogP contribution in [0.3, 0.4) is 0 Å². The van der Waals surface area contributed by atoms with Gasteiger partial charge in [-0.05, 0) is 43.7 Å². The van der Waals surface area contributed by atoms with Gasteiger partial charge in [0.25, 0.3) is 0 Å². The summed E-state index contributed by atoms with van der Waals surface area (Å²) < 4.78 is 7.42. The number of ether oxygens (including phenoxy) is 1. The highest BCUT2D eigenvalue weighted by atomic mass is 32.2. The number of allylic oxidation sites excluding steroid dienone is 1. The zero-order valence-corrected chi connectivity index (χ0v) is 18.9. The second kappa shape index (κ2) is 11.0. The van der Waals surface area contributed by atoms with Crippen molar-refractivity contribution >= 4 is 34.7 Å². The monoisotopic (exact) mass is 442 g/mol. The maximum absolute atomic E-state index is 12.4. The molecule has 2 heterocycles. The molecule has 0 spiro atoms. The third-order valence-corrected chi connectivity index (χ3v) is 6.18. The van der Waals surface area contributed by atoms with E-state index in [-0.39, 0.29) is 11.7 Å². The van der Waals surface area contributed by atoms with E-state index in [0.717, 1.165) is 35.7 Å². The first-order chi connectivity index (χ1) is 14.6. The molecule has 30 heavy (non-hydrogen) atoms. The fourth-order valence-electron chi connectivity index (χ4n) is 2.91. The Morgan fingerprint density at radius 2 is 2.10 bits per heavy atom. The number of anilines is 1. The van der Waals surface area contributed by atoms with Crippen LogP contribution in [0.4, 0.5) is 5.69 Å². The third-order valence-electron chi connectivity index (χ3n) is 4.22. The zero-order valence-electron chi connectivity index (χ0n) is 17.3. The van der Waals surface area contributed by atoms with Crippen molar-refractivity contribution in [1.29, 1.82) is 0 Å². The highest BCUT2D eigenvalue weighted by Crippen LogP contribution is 2.28. The van der Waals surface area contributed by atoms with Crippen LogP contribution in [0.25, 0.3) is 11.4 Å². The molecule has 0 unspecified atom stereocenters. The van der Waals surface area contributed by atoms with E-state index in [0.29, 0.717) is 18.3 Å². The number of hydrogen-bond acceptors (Lipinski definition) is 6. The normalized spacial score (nSPS) is 10.7. The van der Waals surface area contributed by atoms with Gasteiger partial charge in [0.1, 0.15) is 5.75 Å².